The van der Waals surface area contributed by atoms with Crippen LogP contribution in [0.2, 0.25) is 0 Å². The maximum atomic E-state index is 5.25. The van der Waals surface area contributed by atoms with Crippen molar-refractivity contribution in [3.63, 3.8) is 0 Å². The average molecular weight is 294 g/mol. The molecule has 0 aliphatic carbocycles. The summed E-state index contributed by atoms with van der Waals surface area (Å²) in [5, 5.41) is 8.70. The van der Waals surface area contributed by atoms with Crippen LogP contribution in [0.5, 0.6) is 0 Å². The molecule has 1 N–H and O–H groups in total. The predicted octanol–water partition coefficient (Wildman–Crippen LogP) is 2.58. The molecule has 0 aromatic carbocycles. The van der Waals surface area contributed by atoms with Crippen molar-refractivity contribution in [2.75, 3.05) is 7.11 Å². The van der Waals surface area contributed by atoms with Gasteiger partial charge in [0.1, 0.15) is 5.01 Å². The highest BCUT2D eigenvalue weighted by molar-refractivity contribution is 7.15. The lowest BCUT2D eigenvalue weighted by molar-refractivity contribution is 0.181. The summed E-state index contributed by atoms with van der Waals surface area (Å²) in [5.41, 5.74) is 2.15. The normalized spacial score (nSPS) is 12.1. The Morgan fingerprint density at radius 3 is 2.70 bits per heavy atom. The molecule has 0 aliphatic heterocycles. The minimum Gasteiger partial charge on any atom is -0.378 e. The third-order valence-corrected chi connectivity index (χ3v) is 3.94. The predicted molar refractivity (Wildman–Crippen MR) is 81.6 cm³/mol. The van der Waals surface area contributed by atoms with E-state index in [2.05, 4.69) is 36.2 Å². The Morgan fingerprint density at radius 2 is 2.15 bits per heavy atom. The van der Waals surface area contributed by atoms with Crippen LogP contribution in [0.15, 0.2) is 12.4 Å². The summed E-state index contributed by atoms with van der Waals surface area (Å²) in [6.45, 7) is 7.82. The Kier molecular flexibility index (Phi) is 4.57. The van der Waals surface area contributed by atoms with Crippen LogP contribution >= 0.6 is 11.3 Å². The Morgan fingerprint density at radius 1 is 1.40 bits per heavy atom. The Hall–Kier alpha value is -1.24. The second-order valence-corrected chi connectivity index (χ2v) is 6.91. The van der Waals surface area contributed by atoms with Crippen LogP contribution in [-0.4, -0.2) is 27.4 Å². The molecular formula is C14H22N4OS. The zero-order chi connectivity index (χ0) is 14.8. The van der Waals surface area contributed by atoms with E-state index in [4.69, 9.17) is 4.74 Å². The number of aryl methyl sites for hydroxylation is 1. The van der Waals surface area contributed by atoms with E-state index in [1.165, 1.54) is 4.88 Å². The van der Waals surface area contributed by atoms with Crippen molar-refractivity contribution in [2.45, 2.75) is 39.5 Å². The Labute approximate surface area is 124 Å². The Bertz CT molecular complexity index is 568. The summed E-state index contributed by atoms with van der Waals surface area (Å²) in [6.07, 6.45) is 3.83. The first-order valence-electron chi connectivity index (χ1n) is 6.60. The first kappa shape index (κ1) is 15.2. The number of methoxy groups -OCH3 is 1. The number of ether oxygens (including phenoxy) is 1. The summed E-state index contributed by atoms with van der Waals surface area (Å²) in [5.74, 6) is 0. The van der Waals surface area contributed by atoms with Crippen molar-refractivity contribution in [3.05, 3.63) is 23.0 Å². The van der Waals surface area contributed by atoms with Crippen LogP contribution in [0, 0.1) is 0 Å². The highest BCUT2D eigenvalue weighted by Crippen LogP contribution is 2.28. The molecule has 0 spiro atoms. The average Bonchev–Trinajstić information content (AvgIpc) is 2.93. The van der Waals surface area contributed by atoms with Gasteiger partial charge >= 0.3 is 0 Å². The number of hydrogen-bond donors (Lipinski definition) is 1. The molecule has 20 heavy (non-hydrogen) atoms. The van der Waals surface area contributed by atoms with Crippen LogP contribution in [0.4, 0.5) is 0 Å². The summed E-state index contributed by atoms with van der Waals surface area (Å²) in [4.78, 5) is 5.91. The zero-order valence-corrected chi connectivity index (χ0v) is 13.5. The lowest BCUT2D eigenvalue weighted by atomic mass is 10.1. The lowest BCUT2D eigenvalue weighted by Crippen LogP contribution is -2.35. The monoisotopic (exact) mass is 294 g/mol. The van der Waals surface area contributed by atoms with E-state index >= 15 is 0 Å². The molecule has 0 unspecified atom stereocenters. The molecule has 2 heterocycles. The number of thiazole rings is 1. The van der Waals surface area contributed by atoms with Gasteiger partial charge in [-0.05, 0) is 20.8 Å². The third-order valence-electron chi connectivity index (χ3n) is 2.79. The number of aromatic nitrogens is 3. The van der Waals surface area contributed by atoms with E-state index in [9.17, 15) is 0 Å². The van der Waals surface area contributed by atoms with Crippen LogP contribution in [0.1, 0.15) is 31.3 Å². The standard InChI is InChI=1S/C14H22N4OS/c1-14(2,3)15-7-12-11(9-19-5)17-13(20-12)10-6-16-18(4)8-10/h6,8,15H,7,9H2,1-5H3. The number of nitrogens with zero attached hydrogens (tertiary/aromatic N) is 3. The van der Waals surface area contributed by atoms with Gasteiger partial charge in [-0.25, -0.2) is 4.98 Å². The fraction of sp³-hybridized carbons (Fsp3) is 0.571. The van der Waals surface area contributed by atoms with Gasteiger partial charge in [-0.15, -0.1) is 11.3 Å². The van der Waals surface area contributed by atoms with E-state index in [1.54, 1.807) is 23.1 Å². The van der Waals surface area contributed by atoms with Gasteiger partial charge in [0.15, 0.2) is 0 Å². The van der Waals surface area contributed by atoms with Gasteiger partial charge in [0.05, 0.1) is 18.5 Å². The van der Waals surface area contributed by atoms with Gasteiger partial charge in [-0.2, -0.15) is 5.10 Å². The third kappa shape index (κ3) is 3.88. The molecule has 0 saturated carbocycles. The molecule has 2 aromatic rings. The van der Waals surface area contributed by atoms with Crippen molar-refractivity contribution >= 4 is 11.3 Å². The van der Waals surface area contributed by atoms with Gasteiger partial charge in [0, 0.05) is 42.9 Å². The van der Waals surface area contributed by atoms with Crippen LogP contribution in [-0.2, 0) is 24.9 Å². The van der Waals surface area contributed by atoms with Gasteiger partial charge in [0.25, 0.3) is 0 Å². The fourth-order valence-electron chi connectivity index (χ4n) is 1.77. The lowest BCUT2D eigenvalue weighted by Gasteiger charge is -2.20. The molecule has 0 bridgehead atoms. The molecule has 2 rings (SSSR count). The molecular weight excluding hydrogens is 272 g/mol. The van der Waals surface area contributed by atoms with Gasteiger partial charge in [-0.1, -0.05) is 0 Å². The molecule has 6 heteroatoms. The van der Waals surface area contributed by atoms with Crippen LogP contribution in [0.3, 0.4) is 0 Å². The second-order valence-electron chi connectivity index (χ2n) is 5.83. The first-order valence-corrected chi connectivity index (χ1v) is 7.42. The molecule has 0 fully saturated rings. The summed E-state index contributed by atoms with van der Waals surface area (Å²) in [6, 6.07) is 0. The van der Waals surface area contributed by atoms with Crippen molar-refractivity contribution in [2.24, 2.45) is 7.05 Å². The quantitative estimate of drug-likeness (QED) is 0.921. The van der Waals surface area contributed by atoms with Crippen molar-refractivity contribution in [1.29, 1.82) is 0 Å². The first-order chi connectivity index (χ1) is 9.39. The van der Waals surface area contributed by atoms with Gasteiger partial charge in [-0.3, -0.25) is 4.68 Å². The number of hydrogen-bond acceptors (Lipinski definition) is 5. The number of nitrogens with one attached hydrogen (secondary N) is 1. The smallest absolute Gasteiger partial charge is 0.127 e. The molecule has 110 valence electrons. The minimum absolute atomic E-state index is 0.0861. The molecule has 0 radical (unpaired) electrons. The summed E-state index contributed by atoms with van der Waals surface area (Å²) in [7, 11) is 3.61. The SMILES string of the molecule is COCc1nc(-c2cnn(C)c2)sc1CNC(C)(C)C. The maximum Gasteiger partial charge on any atom is 0.127 e. The number of rotatable bonds is 5. The molecule has 5 nitrogen and oxygen atoms in total. The van der Waals surface area contributed by atoms with E-state index in [-0.39, 0.29) is 5.54 Å². The van der Waals surface area contributed by atoms with Gasteiger partial charge < -0.3 is 10.1 Å². The van der Waals surface area contributed by atoms with Crippen LogP contribution in [0.25, 0.3) is 10.6 Å². The fourth-order valence-corrected chi connectivity index (χ4v) is 2.75. The zero-order valence-electron chi connectivity index (χ0n) is 12.7. The van der Waals surface area contributed by atoms with Crippen LogP contribution < -0.4 is 5.32 Å². The molecule has 0 atom stereocenters. The largest absolute Gasteiger partial charge is 0.378 e. The van der Waals surface area contributed by atoms with Crippen molar-refractivity contribution in [3.8, 4) is 10.6 Å². The van der Waals surface area contributed by atoms with E-state index < -0.39 is 0 Å². The van der Waals surface area contributed by atoms with E-state index in [0.717, 1.165) is 22.8 Å². The van der Waals surface area contributed by atoms with Crippen molar-refractivity contribution in [1.82, 2.24) is 20.1 Å². The molecule has 0 amide bonds. The Balaban J connectivity index is 2.23. The van der Waals surface area contributed by atoms with E-state index in [1.807, 2.05) is 19.4 Å². The second kappa shape index (κ2) is 6.03. The summed E-state index contributed by atoms with van der Waals surface area (Å²) < 4.78 is 7.04. The molecule has 0 saturated heterocycles. The minimum atomic E-state index is 0.0861. The maximum absolute atomic E-state index is 5.25. The van der Waals surface area contributed by atoms with Gasteiger partial charge in [0.2, 0.25) is 0 Å². The highest BCUT2D eigenvalue weighted by Gasteiger charge is 2.16. The topological polar surface area (TPSA) is 52.0 Å². The molecule has 2 aromatic heterocycles. The summed E-state index contributed by atoms with van der Waals surface area (Å²) >= 11 is 1.70. The highest BCUT2D eigenvalue weighted by atomic mass is 32.1. The molecule has 0 aliphatic rings. The van der Waals surface area contributed by atoms with E-state index in [0.29, 0.717) is 6.61 Å². The van der Waals surface area contributed by atoms with Crippen molar-refractivity contribution < 1.29 is 4.74 Å².